The second-order valence-corrected chi connectivity index (χ2v) is 12.3. The summed E-state index contributed by atoms with van der Waals surface area (Å²) < 4.78 is 5.44. The molecule has 0 bridgehead atoms. The molecule has 0 aliphatic carbocycles. The minimum absolute atomic E-state index is 0.0371. The number of thioether (sulfide) groups is 3. The molecule has 1 unspecified atom stereocenters. The summed E-state index contributed by atoms with van der Waals surface area (Å²) in [6, 6.07) is -0.948. The van der Waals surface area contributed by atoms with E-state index < -0.39 is 29.2 Å². The molecule has 2 atom stereocenters. The van der Waals surface area contributed by atoms with E-state index in [0.717, 1.165) is 15.9 Å². The van der Waals surface area contributed by atoms with Crippen molar-refractivity contribution in [3.63, 3.8) is 0 Å². The van der Waals surface area contributed by atoms with Gasteiger partial charge < -0.3 is 21.0 Å². The van der Waals surface area contributed by atoms with Crippen LogP contribution in [0.5, 0.6) is 0 Å². The Bertz CT molecular complexity index is 1260. The van der Waals surface area contributed by atoms with Gasteiger partial charge in [-0.1, -0.05) is 46.1 Å². The van der Waals surface area contributed by atoms with E-state index in [1.54, 1.807) is 6.08 Å². The van der Waals surface area contributed by atoms with E-state index in [1.807, 2.05) is 0 Å². The van der Waals surface area contributed by atoms with E-state index in [-0.39, 0.29) is 22.4 Å². The van der Waals surface area contributed by atoms with E-state index in [4.69, 9.17) is 10.6 Å². The highest BCUT2D eigenvalue weighted by Crippen LogP contribution is 2.42. The maximum Gasteiger partial charge on any atom is 0.352 e. The number of carboxylic acid groups (broad SMARTS) is 1. The monoisotopic (exact) mass is 586 g/mol. The predicted octanol–water partition coefficient (Wildman–Crippen LogP) is 1.13. The number of hydrogen-bond donors (Lipinski definition) is 3. The topological polar surface area (TPSA) is 186 Å². The van der Waals surface area contributed by atoms with Crippen LogP contribution in [0.3, 0.4) is 0 Å². The number of nitrogen functional groups attached to an aromatic ring is 1. The van der Waals surface area contributed by atoms with Crippen LogP contribution in [0.4, 0.5) is 5.13 Å². The van der Waals surface area contributed by atoms with Crippen LogP contribution in [-0.4, -0.2) is 88.8 Å². The highest BCUT2D eigenvalue weighted by Gasteiger charge is 2.54. The Morgan fingerprint density at radius 2 is 2.14 bits per heavy atom. The van der Waals surface area contributed by atoms with E-state index >= 15 is 0 Å². The van der Waals surface area contributed by atoms with Gasteiger partial charge in [-0.3, -0.25) is 14.5 Å². The molecular weight excluding hydrogens is 569 g/mol. The minimum Gasteiger partial charge on any atom is -0.477 e. The number of nitrogens with zero attached hydrogens (tertiary/aromatic N) is 6. The molecule has 2 aromatic heterocycles. The lowest BCUT2D eigenvalue weighted by Gasteiger charge is -2.49. The van der Waals surface area contributed by atoms with Gasteiger partial charge >= 0.3 is 5.97 Å². The number of nitrogens with two attached hydrogens (primary N) is 1. The first kappa shape index (κ1) is 26.4. The molecule has 0 spiro atoms. The number of aliphatic carboxylic acids is 1. The highest BCUT2D eigenvalue weighted by molar-refractivity contribution is 8.03. The van der Waals surface area contributed by atoms with Crippen LogP contribution in [0.25, 0.3) is 0 Å². The number of hydrogen-bond acceptors (Lipinski definition) is 15. The quantitative estimate of drug-likeness (QED) is 0.112. The molecule has 36 heavy (non-hydrogen) atoms. The third kappa shape index (κ3) is 5.51. The van der Waals surface area contributed by atoms with E-state index in [1.165, 1.54) is 58.6 Å². The van der Waals surface area contributed by atoms with Crippen molar-refractivity contribution in [3.05, 3.63) is 29.7 Å². The molecule has 190 valence electrons. The molecule has 0 radical (unpaired) electrons. The number of fused-ring (bicyclic) bond motifs is 1. The Morgan fingerprint density at radius 3 is 2.78 bits per heavy atom. The van der Waals surface area contributed by atoms with Crippen LogP contribution < -0.4 is 11.1 Å². The first-order valence-corrected chi connectivity index (χ1v) is 14.6. The van der Waals surface area contributed by atoms with Gasteiger partial charge in [0.1, 0.15) is 24.2 Å². The maximum atomic E-state index is 12.9. The van der Waals surface area contributed by atoms with Gasteiger partial charge in [0.15, 0.2) is 13.8 Å². The Kier molecular flexibility index (Phi) is 8.50. The van der Waals surface area contributed by atoms with Crippen LogP contribution in [0, 0.1) is 0 Å². The van der Waals surface area contributed by atoms with Crippen LogP contribution in [0.1, 0.15) is 5.82 Å². The molecule has 2 aliphatic rings. The molecule has 4 N–H and O–H groups in total. The average molecular weight is 587 g/mol. The Labute approximate surface area is 225 Å². The molecule has 1 saturated heterocycles. The summed E-state index contributed by atoms with van der Waals surface area (Å²) in [5.74, 6) is -1.10. The second kappa shape index (κ2) is 11.6. The lowest BCUT2D eigenvalue weighted by Crippen LogP contribution is -2.71. The van der Waals surface area contributed by atoms with Crippen molar-refractivity contribution in [2.75, 3.05) is 30.1 Å². The molecule has 0 aromatic carbocycles. The first-order chi connectivity index (χ1) is 17.3. The van der Waals surface area contributed by atoms with E-state index in [0.29, 0.717) is 27.2 Å². The third-order valence-electron chi connectivity index (χ3n) is 4.67. The van der Waals surface area contributed by atoms with Gasteiger partial charge in [0.05, 0.1) is 0 Å². The summed E-state index contributed by atoms with van der Waals surface area (Å²) >= 11 is 6.53. The maximum absolute atomic E-state index is 12.9. The Morgan fingerprint density at radius 1 is 1.39 bits per heavy atom. The third-order valence-corrected chi connectivity index (χ3v) is 9.82. The number of β-lactam (4-membered cyclic amide) rings is 1. The van der Waals surface area contributed by atoms with Crippen molar-refractivity contribution in [2.24, 2.45) is 5.16 Å². The smallest absolute Gasteiger partial charge is 0.352 e. The highest BCUT2D eigenvalue weighted by atomic mass is 32.2. The zero-order valence-corrected chi connectivity index (χ0v) is 22.5. The number of carboxylic acids is 1. The van der Waals surface area contributed by atoms with Crippen LogP contribution in [0.2, 0.25) is 0 Å². The summed E-state index contributed by atoms with van der Waals surface area (Å²) in [4.78, 5) is 47.7. The summed E-state index contributed by atoms with van der Waals surface area (Å²) in [5, 5.41) is 23.9. The van der Waals surface area contributed by atoms with Gasteiger partial charge in [-0.25, -0.2) is 4.79 Å². The standard InChI is InChI=1S/C18H18N8O5S5/c1-3-4-32-17-22-23-18(35-17)34-6-7-5-33-14-9(13(28)26(14)10(7)15(29)30)20-12(27)8(24-31-2)11-21-16(19)36-25-11/h3,9,14H,1,4-6H2,2H3,(H,20,27)(H,29,30)(H2,19,21,25)/b24-8+/t9?,14-/m1/s1. The van der Waals surface area contributed by atoms with Crippen molar-refractivity contribution in [1.29, 1.82) is 0 Å². The summed E-state index contributed by atoms with van der Waals surface area (Å²) in [6.45, 7) is 3.67. The Balaban J connectivity index is 1.45. The number of carbonyl (C=O) groups is 3. The molecule has 2 amide bonds. The molecule has 4 rings (SSSR count). The fourth-order valence-electron chi connectivity index (χ4n) is 3.20. The molecule has 2 aliphatic heterocycles. The van der Waals surface area contributed by atoms with Gasteiger partial charge in [-0.2, -0.15) is 9.36 Å². The van der Waals surface area contributed by atoms with Gasteiger partial charge in [0.2, 0.25) is 11.5 Å². The van der Waals surface area contributed by atoms with E-state index in [2.05, 4.69) is 36.6 Å². The largest absolute Gasteiger partial charge is 0.477 e. The van der Waals surface area contributed by atoms with Crippen molar-refractivity contribution in [2.45, 2.75) is 20.1 Å². The van der Waals surface area contributed by atoms with Gasteiger partial charge in [0.25, 0.3) is 11.8 Å². The number of aromatic nitrogens is 4. The molecule has 4 heterocycles. The molecule has 2 aromatic rings. The summed E-state index contributed by atoms with van der Waals surface area (Å²) in [5.41, 5.74) is 5.85. The van der Waals surface area contributed by atoms with Crippen molar-refractivity contribution in [1.82, 2.24) is 29.8 Å². The number of amides is 2. The molecule has 1 fully saturated rings. The number of oxime groups is 1. The fraction of sp³-hybridized carbons (Fsp3) is 0.333. The van der Waals surface area contributed by atoms with Gasteiger partial charge in [-0.05, 0) is 5.57 Å². The van der Waals surface area contributed by atoms with Crippen LogP contribution in [-0.2, 0) is 19.2 Å². The summed E-state index contributed by atoms with van der Waals surface area (Å²) in [6.07, 6.45) is 1.77. The molecule has 13 nitrogen and oxygen atoms in total. The number of nitrogens with one attached hydrogen (secondary N) is 1. The predicted molar refractivity (Wildman–Crippen MR) is 139 cm³/mol. The normalized spacial score (nSPS) is 19.5. The van der Waals surface area contributed by atoms with Crippen LogP contribution >= 0.6 is 58.2 Å². The summed E-state index contributed by atoms with van der Waals surface area (Å²) in [7, 11) is 1.25. The molecular formula is C18H18N8O5S5. The molecule has 18 heteroatoms. The fourth-order valence-corrected chi connectivity index (χ4v) is 7.90. The van der Waals surface area contributed by atoms with Gasteiger partial charge in [0, 0.05) is 28.8 Å². The number of carbonyl (C=O) groups excluding carboxylic acids is 2. The Hall–Kier alpha value is -2.67. The number of anilines is 1. The SMILES string of the molecule is C=CCSc1nnc(SCC2=C(C(=O)O)N3C(=O)C(NC(=O)/C(=N/OC)c4nsc(N)n4)[C@H]3SC2)s1. The first-order valence-electron chi connectivity index (χ1n) is 9.95. The van der Waals surface area contributed by atoms with Crippen molar-refractivity contribution < 1.29 is 24.3 Å². The zero-order chi connectivity index (χ0) is 25.8. The number of rotatable bonds is 11. The van der Waals surface area contributed by atoms with E-state index in [9.17, 15) is 19.5 Å². The lowest BCUT2D eigenvalue weighted by atomic mass is 10.0. The average Bonchev–Trinajstić information content (AvgIpc) is 3.50. The second-order valence-electron chi connectivity index (χ2n) is 6.92. The molecule has 0 saturated carbocycles. The van der Waals surface area contributed by atoms with Crippen LogP contribution in [0.15, 0.2) is 37.8 Å². The lowest BCUT2D eigenvalue weighted by molar-refractivity contribution is -0.150. The van der Waals surface area contributed by atoms with Crippen molar-refractivity contribution >= 4 is 86.8 Å². The van der Waals surface area contributed by atoms with Crippen molar-refractivity contribution in [3.8, 4) is 0 Å². The zero-order valence-electron chi connectivity index (χ0n) is 18.4. The van der Waals surface area contributed by atoms with Gasteiger partial charge in [-0.15, -0.1) is 28.5 Å². The minimum atomic E-state index is -1.21.